The Hall–Kier alpha value is -1.84. The smallest absolute Gasteiger partial charge is 0.257 e. The number of amides is 1. The first-order valence-electron chi connectivity index (χ1n) is 7.62. The lowest BCUT2D eigenvalue weighted by atomic mass is 10.2. The summed E-state index contributed by atoms with van der Waals surface area (Å²) in [5.74, 6) is -0.0998. The second kappa shape index (κ2) is 6.58. The standard InChI is InChI=1S/C15H18N4O3S2/c1-9(2)14-17-18-15(23-14)16-13(20)10-3-7-12(8-4-10)24(21,22)19-11-5-6-11/h3-4,7-9,11,19H,5-6H2,1-2H3,(H,16,18,20). The number of anilines is 1. The zero-order valence-electron chi connectivity index (χ0n) is 13.3. The van der Waals surface area contributed by atoms with Gasteiger partial charge in [-0.15, -0.1) is 10.2 Å². The quantitative estimate of drug-likeness (QED) is 0.817. The molecule has 9 heteroatoms. The maximum Gasteiger partial charge on any atom is 0.257 e. The van der Waals surface area contributed by atoms with Gasteiger partial charge < -0.3 is 0 Å². The van der Waals surface area contributed by atoms with E-state index in [4.69, 9.17) is 0 Å². The average molecular weight is 366 g/mol. The number of carbonyl (C=O) groups is 1. The highest BCUT2D eigenvalue weighted by atomic mass is 32.2. The van der Waals surface area contributed by atoms with E-state index in [-0.39, 0.29) is 22.8 Å². The molecule has 1 fully saturated rings. The fourth-order valence-corrected chi connectivity index (χ4v) is 4.01. The fourth-order valence-electron chi connectivity index (χ4n) is 1.96. The third-order valence-electron chi connectivity index (χ3n) is 3.48. The van der Waals surface area contributed by atoms with E-state index in [1.807, 2.05) is 13.8 Å². The Labute approximate surface area is 144 Å². The Morgan fingerprint density at radius 1 is 1.21 bits per heavy atom. The summed E-state index contributed by atoms with van der Waals surface area (Å²) in [6.07, 6.45) is 1.75. The SMILES string of the molecule is CC(C)c1nnc(NC(=O)c2ccc(S(=O)(=O)NC3CC3)cc2)s1. The summed E-state index contributed by atoms with van der Waals surface area (Å²) >= 11 is 1.33. The summed E-state index contributed by atoms with van der Waals surface area (Å²) in [5.41, 5.74) is 0.363. The van der Waals surface area contributed by atoms with E-state index in [2.05, 4.69) is 20.2 Å². The van der Waals surface area contributed by atoms with Crippen LogP contribution in [0.1, 0.15) is 48.0 Å². The Morgan fingerprint density at radius 2 is 1.88 bits per heavy atom. The number of hydrogen-bond acceptors (Lipinski definition) is 6. The van der Waals surface area contributed by atoms with Gasteiger partial charge in [-0.1, -0.05) is 25.2 Å². The Bertz CT molecular complexity index is 840. The van der Waals surface area contributed by atoms with Crippen molar-refractivity contribution in [1.29, 1.82) is 0 Å². The van der Waals surface area contributed by atoms with Gasteiger partial charge in [0.05, 0.1) is 4.90 Å². The molecule has 0 atom stereocenters. The maximum absolute atomic E-state index is 12.2. The molecule has 1 aromatic carbocycles. The Kier molecular flexibility index (Phi) is 4.66. The van der Waals surface area contributed by atoms with Crippen molar-refractivity contribution >= 4 is 32.4 Å². The van der Waals surface area contributed by atoms with Crippen LogP contribution in [0.15, 0.2) is 29.2 Å². The van der Waals surface area contributed by atoms with Gasteiger partial charge in [0.2, 0.25) is 15.2 Å². The fraction of sp³-hybridized carbons (Fsp3) is 0.400. The monoisotopic (exact) mass is 366 g/mol. The van der Waals surface area contributed by atoms with Gasteiger partial charge in [0, 0.05) is 17.5 Å². The zero-order valence-corrected chi connectivity index (χ0v) is 14.9. The van der Waals surface area contributed by atoms with Gasteiger partial charge in [0.1, 0.15) is 5.01 Å². The Morgan fingerprint density at radius 3 is 2.42 bits per heavy atom. The molecule has 0 aliphatic heterocycles. The van der Waals surface area contributed by atoms with Crippen molar-refractivity contribution in [2.24, 2.45) is 0 Å². The number of aromatic nitrogens is 2. The predicted octanol–water partition coefficient (Wildman–Crippen LogP) is 2.35. The summed E-state index contributed by atoms with van der Waals surface area (Å²) in [7, 11) is -3.51. The lowest BCUT2D eigenvalue weighted by Crippen LogP contribution is -2.25. The summed E-state index contributed by atoms with van der Waals surface area (Å²) in [6.45, 7) is 4.00. The summed E-state index contributed by atoms with van der Waals surface area (Å²) in [4.78, 5) is 12.4. The molecule has 0 bridgehead atoms. The third-order valence-corrected chi connectivity index (χ3v) is 6.16. The second-order valence-electron chi connectivity index (χ2n) is 5.97. The van der Waals surface area contributed by atoms with Crippen LogP contribution in [-0.4, -0.2) is 30.6 Å². The minimum absolute atomic E-state index is 0.0468. The molecule has 0 spiro atoms. The highest BCUT2D eigenvalue weighted by Crippen LogP contribution is 2.24. The van der Waals surface area contributed by atoms with E-state index in [1.54, 1.807) is 0 Å². The van der Waals surface area contributed by atoms with Crippen LogP contribution in [0.2, 0.25) is 0 Å². The van der Waals surface area contributed by atoms with Crippen LogP contribution in [0, 0.1) is 0 Å². The van der Waals surface area contributed by atoms with Gasteiger partial charge in [0.25, 0.3) is 5.91 Å². The minimum atomic E-state index is -3.51. The van der Waals surface area contributed by atoms with Gasteiger partial charge >= 0.3 is 0 Å². The summed E-state index contributed by atoms with van der Waals surface area (Å²) < 4.78 is 26.8. The van der Waals surface area contributed by atoms with Crippen LogP contribution in [0.4, 0.5) is 5.13 Å². The molecule has 1 heterocycles. The molecule has 1 saturated carbocycles. The topological polar surface area (TPSA) is 101 Å². The average Bonchev–Trinajstić information content (AvgIpc) is 3.21. The number of benzene rings is 1. The van der Waals surface area contributed by atoms with Crippen LogP contribution in [0.5, 0.6) is 0 Å². The first kappa shape index (κ1) is 17.0. The zero-order chi connectivity index (χ0) is 17.3. The molecular weight excluding hydrogens is 348 g/mol. The van der Waals surface area contributed by atoms with Crippen LogP contribution in [0.25, 0.3) is 0 Å². The first-order valence-corrected chi connectivity index (χ1v) is 9.92. The molecule has 1 aromatic heterocycles. The molecular formula is C15H18N4O3S2. The molecule has 0 saturated heterocycles. The van der Waals surface area contributed by atoms with Gasteiger partial charge in [-0.05, 0) is 37.1 Å². The maximum atomic E-state index is 12.2. The second-order valence-corrected chi connectivity index (χ2v) is 8.70. The van der Waals surface area contributed by atoms with Gasteiger partial charge in [-0.2, -0.15) is 0 Å². The van der Waals surface area contributed by atoms with Crippen molar-refractivity contribution < 1.29 is 13.2 Å². The van der Waals surface area contributed by atoms with E-state index in [0.717, 1.165) is 17.8 Å². The number of sulfonamides is 1. The third kappa shape index (κ3) is 3.97. The van der Waals surface area contributed by atoms with E-state index in [0.29, 0.717) is 10.7 Å². The van der Waals surface area contributed by atoms with E-state index in [9.17, 15) is 13.2 Å². The molecule has 3 rings (SSSR count). The highest BCUT2D eigenvalue weighted by Gasteiger charge is 2.28. The van der Waals surface area contributed by atoms with Crippen LogP contribution < -0.4 is 10.0 Å². The minimum Gasteiger partial charge on any atom is -0.296 e. The number of nitrogens with one attached hydrogen (secondary N) is 2. The molecule has 7 nitrogen and oxygen atoms in total. The molecule has 1 amide bonds. The number of nitrogens with zero attached hydrogens (tertiary/aromatic N) is 2. The molecule has 1 aliphatic carbocycles. The van der Waals surface area contributed by atoms with Gasteiger partial charge in [0.15, 0.2) is 0 Å². The molecule has 1 aliphatic rings. The van der Waals surface area contributed by atoms with Crippen LogP contribution in [-0.2, 0) is 10.0 Å². The molecule has 2 aromatic rings. The van der Waals surface area contributed by atoms with Crippen molar-refractivity contribution in [2.45, 2.75) is 43.5 Å². The highest BCUT2D eigenvalue weighted by molar-refractivity contribution is 7.89. The summed E-state index contributed by atoms with van der Waals surface area (Å²) in [5, 5.41) is 11.9. The van der Waals surface area contributed by atoms with Crippen molar-refractivity contribution in [3.05, 3.63) is 34.8 Å². The van der Waals surface area contributed by atoms with Crippen molar-refractivity contribution in [1.82, 2.24) is 14.9 Å². The molecule has 0 radical (unpaired) electrons. The Balaban J connectivity index is 1.69. The van der Waals surface area contributed by atoms with Gasteiger partial charge in [-0.3, -0.25) is 10.1 Å². The lowest BCUT2D eigenvalue weighted by molar-refractivity contribution is 0.102. The number of hydrogen-bond donors (Lipinski definition) is 2. The predicted molar refractivity (Wildman–Crippen MR) is 91.7 cm³/mol. The molecule has 24 heavy (non-hydrogen) atoms. The van der Waals surface area contributed by atoms with E-state index >= 15 is 0 Å². The summed E-state index contributed by atoms with van der Waals surface area (Å²) in [6, 6.07) is 5.88. The van der Waals surface area contributed by atoms with E-state index < -0.39 is 10.0 Å². The first-order chi connectivity index (χ1) is 11.3. The van der Waals surface area contributed by atoms with Crippen LogP contribution >= 0.6 is 11.3 Å². The number of rotatable bonds is 6. The number of carbonyl (C=O) groups excluding carboxylic acids is 1. The molecule has 2 N–H and O–H groups in total. The van der Waals surface area contributed by atoms with Gasteiger partial charge in [-0.25, -0.2) is 13.1 Å². The van der Waals surface area contributed by atoms with E-state index in [1.165, 1.54) is 35.6 Å². The van der Waals surface area contributed by atoms with Crippen molar-refractivity contribution in [3.63, 3.8) is 0 Å². The lowest BCUT2D eigenvalue weighted by Gasteiger charge is -2.06. The van der Waals surface area contributed by atoms with Crippen molar-refractivity contribution in [3.8, 4) is 0 Å². The van der Waals surface area contributed by atoms with Crippen molar-refractivity contribution in [2.75, 3.05) is 5.32 Å². The normalized spacial score (nSPS) is 14.8. The van der Waals surface area contributed by atoms with Crippen LogP contribution in [0.3, 0.4) is 0 Å². The molecule has 0 unspecified atom stereocenters. The largest absolute Gasteiger partial charge is 0.296 e. The molecule has 128 valence electrons.